The normalized spacial score (nSPS) is 13.6. The molecule has 0 bridgehead atoms. The minimum Gasteiger partial charge on any atom is -0.477 e. The van der Waals surface area contributed by atoms with Crippen LogP contribution in [0.5, 0.6) is 0 Å². The average molecular weight is 965 g/mol. The van der Waals surface area contributed by atoms with Gasteiger partial charge in [0.15, 0.2) is 6.10 Å². The molecule has 0 fully saturated rings. The molecule has 0 aromatic rings. The van der Waals surface area contributed by atoms with Crippen molar-refractivity contribution in [3.8, 4) is 0 Å². The number of esters is 2. The summed E-state index contributed by atoms with van der Waals surface area (Å²) in [5, 5.41) is 9.69. The lowest BCUT2D eigenvalue weighted by molar-refractivity contribution is -0.870. The summed E-state index contributed by atoms with van der Waals surface area (Å²) in [5.41, 5.74) is 0. The molecule has 0 radical (unpaired) electrons. The number of hydrogen-bond donors (Lipinski definition) is 1. The van der Waals surface area contributed by atoms with Gasteiger partial charge in [-0.05, 0) is 96.3 Å². The summed E-state index contributed by atoms with van der Waals surface area (Å²) in [6.45, 7) is 4.70. The van der Waals surface area contributed by atoms with Gasteiger partial charge in [-0.3, -0.25) is 9.59 Å². The highest BCUT2D eigenvalue weighted by molar-refractivity contribution is 5.71. The zero-order chi connectivity index (χ0) is 50.6. The number of ether oxygens (including phenoxy) is 4. The molecule has 0 heterocycles. The van der Waals surface area contributed by atoms with E-state index in [1.807, 2.05) is 21.1 Å². The van der Waals surface area contributed by atoms with Gasteiger partial charge in [0.05, 0.1) is 34.4 Å². The Morgan fingerprint density at radius 3 is 1.23 bits per heavy atom. The van der Waals surface area contributed by atoms with E-state index in [1.165, 1.54) is 70.6 Å². The van der Waals surface area contributed by atoms with Crippen molar-refractivity contribution in [1.29, 1.82) is 0 Å². The minimum atomic E-state index is -1.52. The number of allylic oxidation sites excluding steroid dienone is 16. The molecular formula is C60H102NO8+. The fraction of sp³-hybridized carbons (Fsp3) is 0.683. The van der Waals surface area contributed by atoms with Gasteiger partial charge in [-0.15, -0.1) is 0 Å². The Kier molecular flexibility index (Phi) is 47.8. The lowest BCUT2D eigenvalue weighted by Gasteiger charge is -2.25. The molecule has 9 heteroatoms. The Bertz CT molecular complexity index is 1450. The molecule has 0 aliphatic heterocycles. The zero-order valence-corrected chi connectivity index (χ0v) is 44.7. The molecule has 0 aromatic heterocycles. The topological polar surface area (TPSA) is 108 Å². The van der Waals surface area contributed by atoms with Crippen LogP contribution in [0.15, 0.2) is 97.2 Å². The van der Waals surface area contributed by atoms with Gasteiger partial charge in [0.2, 0.25) is 0 Å². The molecule has 0 aliphatic carbocycles. The molecular weight excluding hydrogens is 863 g/mol. The van der Waals surface area contributed by atoms with Crippen molar-refractivity contribution in [2.45, 2.75) is 219 Å². The third-order valence-corrected chi connectivity index (χ3v) is 11.3. The molecule has 0 amide bonds. The highest BCUT2D eigenvalue weighted by Crippen LogP contribution is 2.14. The summed E-state index contributed by atoms with van der Waals surface area (Å²) < 4.78 is 22.8. The number of carboxylic acids is 1. The monoisotopic (exact) mass is 965 g/mol. The van der Waals surface area contributed by atoms with Crippen LogP contribution in [0.1, 0.15) is 206 Å². The van der Waals surface area contributed by atoms with Crippen LogP contribution in [-0.4, -0.2) is 87.4 Å². The standard InChI is InChI=1S/C60H101NO8/c1-6-8-10-12-14-16-18-20-22-24-26-27-28-29-30-31-33-35-37-39-41-43-45-47-49-51-58(63)69-56(55-68-60(59(64)65)66-53-52-61(3,4)5)54-67-57(62)50-48-46-44-42-40-38-36-34-32-25-23-21-19-17-15-13-11-9-7-2/h8,10,14-17,20-23,26-27,29-30,32,34,56,60H,6-7,9,11-13,18-19,24-25,28,31,33,35-55H2,1-5H3/p+1/b10-8-,16-14-,17-15-,22-20-,23-21-,27-26-,30-29-,34-32-. The lowest BCUT2D eigenvalue weighted by Crippen LogP contribution is -2.40. The van der Waals surface area contributed by atoms with Crippen LogP contribution in [-0.2, 0) is 33.3 Å². The SMILES string of the molecule is CC/C=C\C/C=C\C/C=C\C/C=C\C/C=C\CCCCCCCCCCCC(=O)OC(COC(=O)CCCCCCCC/C=C\C/C=C\C/C=C\CCCCC)COC(OCC[N+](C)(C)C)C(=O)O. The van der Waals surface area contributed by atoms with E-state index >= 15 is 0 Å². The number of aliphatic carboxylic acids is 1. The van der Waals surface area contributed by atoms with Crippen LogP contribution in [0, 0.1) is 0 Å². The lowest BCUT2D eigenvalue weighted by atomic mass is 10.1. The van der Waals surface area contributed by atoms with Crippen molar-refractivity contribution in [3.63, 3.8) is 0 Å². The van der Waals surface area contributed by atoms with Crippen molar-refractivity contribution in [2.75, 3.05) is 47.5 Å². The summed E-state index contributed by atoms with van der Waals surface area (Å²) in [5.74, 6) is -2.04. The Balaban J connectivity index is 4.35. The maximum Gasteiger partial charge on any atom is 0.361 e. The van der Waals surface area contributed by atoms with Crippen LogP contribution in [0.2, 0.25) is 0 Å². The quantitative estimate of drug-likeness (QED) is 0.0211. The van der Waals surface area contributed by atoms with E-state index in [1.54, 1.807) is 0 Å². The first kappa shape index (κ1) is 65.2. The highest BCUT2D eigenvalue weighted by atomic mass is 16.7. The molecule has 2 atom stereocenters. The molecule has 0 saturated carbocycles. The molecule has 0 saturated heterocycles. The molecule has 0 spiro atoms. The van der Waals surface area contributed by atoms with Gasteiger partial charge in [0.25, 0.3) is 6.29 Å². The third kappa shape index (κ3) is 51.9. The molecule has 9 nitrogen and oxygen atoms in total. The predicted octanol–water partition coefficient (Wildman–Crippen LogP) is 15.8. The summed E-state index contributed by atoms with van der Waals surface area (Å²) in [7, 11) is 5.95. The second-order valence-corrected chi connectivity index (χ2v) is 19.2. The fourth-order valence-electron chi connectivity index (χ4n) is 7.10. The van der Waals surface area contributed by atoms with Crippen molar-refractivity contribution in [2.24, 2.45) is 0 Å². The third-order valence-electron chi connectivity index (χ3n) is 11.3. The predicted molar refractivity (Wildman–Crippen MR) is 290 cm³/mol. The number of nitrogens with zero attached hydrogens (tertiary/aromatic N) is 1. The van der Waals surface area contributed by atoms with Crippen LogP contribution in [0.3, 0.4) is 0 Å². The molecule has 69 heavy (non-hydrogen) atoms. The Morgan fingerprint density at radius 2 is 0.826 bits per heavy atom. The van der Waals surface area contributed by atoms with Crippen molar-refractivity contribution in [3.05, 3.63) is 97.2 Å². The summed E-state index contributed by atoms with van der Waals surface area (Å²) in [6.07, 6.45) is 64.7. The zero-order valence-electron chi connectivity index (χ0n) is 44.7. The molecule has 394 valence electrons. The molecule has 0 aromatic carbocycles. The first-order valence-corrected chi connectivity index (χ1v) is 27.4. The van der Waals surface area contributed by atoms with E-state index < -0.39 is 24.3 Å². The first-order valence-electron chi connectivity index (χ1n) is 27.4. The maximum atomic E-state index is 12.9. The van der Waals surface area contributed by atoms with Crippen LogP contribution in [0.4, 0.5) is 0 Å². The van der Waals surface area contributed by atoms with E-state index in [0.29, 0.717) is 17.4 Å². The van der Waals surface area contributed by atoms with Crippen LogP contribution >= 0.6 is 0 Å². The van der Waals surface area contributed by atoms with Crippen molar-refractivity contribution < 1.29 is 42.9 Å². The Hall–Kier alpha value is -3.79. The van der Waals surface area contributed by atoms with Crippen LogP contribution < -0.4 is 0 Å². The average Bonchev–Trinajstić information content (AvgIpc) is 3.31. The first-order chi connectivity index (χ1) is 33.6. The van der Waals surface area contributed by atoms with Crippen LogP contribution in [0.25, 0.3) is 0 Å². The van der Waals surface area contributed by atoms with E-state index in [9.17, 15) is 19.5 Å². The summed E-state index contributed by atoms with van der Waals surface area (Å²) in [6, 6.07) is 0. The molecule has 0 aliphatic rings. The molecule has 0 rings (SSSR count). The number of carbonyl (C=O) groups is 3. The van der Waals surface area contributed by atoms with Crippen molar-refractivity contribution >= 4 is 17.9 Å². The van der Waals surface area contributed by atoms with Gasteiger partial charge in [0, 0.05) is 12.8 Å². The summed E-state index contributed by atoms with van der Waals surface area (Å²) in [4.78, 5) is 37.4. The Labute approximate surface area is 422 Å². The largest absolute Gasteiger partial charge is 0.477 e. The summed E-state index contributed by atoms with van der Waals surface area (Å²) >= 11 is 0. The number of carboxylic acid groups (broad SMARTS) is 1. The Morgan fingerprint density at radius 1 is 0.449 bits per heavy atom. The smallest absolute Gasteiger partial charge is 0.361 e. The second-order valence-electron chi connectivity index (χ2n) is 19.2. The molecule has 1 N–H and O–H groups in total. The van der Waals surface area contributed by atoms with Gasteiger partial charge in [-0.1, -0.05) is 195 Å². The fourth-order valence-corrected chi connectivity index (χ4v) is 7.10. The van der Waals surface area contributed by atoms with Gasteiger partial charge < -0.3 is 28.5 Å². The minimum absolute atomic E-state index is 0.179. The van der Waals surface area contributed by atoms with Gasteiger partial charge in [-0.25, -0.2) is 4.79 Å². The van der Waals surface area contributed by atoms with E-state index in [2.05, 4.69) is 111 Å². The number of hydrogen-bond acceptors (Lipinski definition) is 7. The number of rotatable bonds is 49. The number of unbranched alkanes of at least 4 members (excludes halogenated alkanes) is 18. The highest BCUT2D eigenvalue weighted by Gasteiger charge is 2.25. The molecule has 2 unspecified atom stereocenters. The van der Waals surface area contributed by atoms with E-state index in [-0.39, 0.29) is 38.6 Å². The van der Waals surface area contributed by atoms with Gasteiger partial charge in [0.1, 0.15) is 13.2 Å². The number of likely N-dealkylation sites (N-methyl/N-ethyl adjacent to an activating group) is 1. The number of carbonyl (C=O) groups excluding carboxylic acids is 2. The van der Waals surface area contributed by atoms with Crippen molar-refractivity contribution in [1.82, 2.24) is 0 Å². The van der Waals surface area contributed by atoms with E-state index in [4.69, 9.17) is 18.9 Å². The van der Waals surface area contributed by atoms with Gasteiger partial charge in [-0.2, -0.15) is 0 Å². The van der Waals surface area contributed by atoms with Gasteiger partial charge >= 0.3 is 17.9 Å². The second kappa shape index (κ2) is 50.6. The maximum absolute atomic E-state index is 12.9. The van der Waals surface area contributed by atoms with E-state index in [0.717, 1.165) is 103 Å². The number of quaternary nitrogens is 1.